The molecule has 1 aromatic heterocycles. The van der Waals surface area contributed by atoms with Crippen LogP contribution in [0, 0.1) is 40.9 Å². The number of imidazole rings is 1. The van der Waals surface area contributed by atoms with Gasteiger partial charge in [-0.1, -0.05) is 12.1 Å². The highest BCUT2D eigenvalue weighted by Gasteiger charge is 2.18. The van der Waals surface area contributed by atoms with Gasteiger partial charge in [-0.25, -0.2) is 9.78 Å². The minimum atomic E-state index is -0.535. The number of H-pyrrole nitrogens is 1. The van der Waals surface area contributed by atoms with Crippen LogP contribution in [0.25, 0.3) is 11.4 Å². The number of hydrogen-bond acceptors (Lipinski definition) is 7. The Morgan fingerprint density at radius 2 is 1.92 bits per heavy atom. The second kappa shape index (κ2) is 8.14. The molecule has 0 saturated heterocycles. The molecule has 8 heteroatoms. The number of nitrogens with one attached hydrogen (secondary N) is 2. The van der Waals surface area contributed by atoms with Crippen molar-refractivity contribution in [1.29, 1.82) is 15.8 Å². The van der Waals surface area contributed by atoms with Gasteiger partial charge in [-0.05, 0) is 26.0 Å². The number of esters is 1. The summed E-state index contributed by atoms with van der Waals surface area (Å²) in [5.74, 6) is -0.145. The Balaban J connectivity index is 2.49. The molecule has 0 amide bonds. The van der Waals surface area contributed by atoms with Crippen LogP contribution in [0.2, 0.25) is 0 Å². The van der Waals surface area contributed by atoms with Gasteiger partial charge < -0.3 is 15.0 Å². The van der Waals surface area contributed by atoms with Crippen molar-refractivity contribution in [3.05, 3.63) is 46.9 Å². The third-order valence-electron chi connectivity index (χ3n) is 3.38. The first-order valence-corrected chi connectivity index (χ1v) is 7.60. The summed E-state index contributed by atoms with van der Waals surface area (Å²) in [6, 6.07) is 12.0. The molecule has 0 fully saturated rings. The Morgan fingerprint density at radius 3 is 2.54 bits per heavy atom. The van der Waals surface area contributed by atoms with Crippen LogP contribution < -0.4 is 5.32 Å². The molecule has 0 unspecified atom stereocenters. The number of aromatic nitrogens is 2. The summed E-state index contributed by atoms with van der Waals surface area (Å²) in [4.78, 5) is 19.2. The third kappa shape index (κ3) is 3.69. The van der Waals surface area contributed by atoms with Crippen molar-refractivity contribution in [3.63, 3.8) is 0 Å². The van der Waals surface area contributed by atoms with Crippen molar-refractivity contribution < 1.29 is 9.53 Å². The second-order valence-corrected chi connectivity index (χ2v) is 5.04. The predicted molar refractivity (Wildman–Crippen MR) is 92.2 cm³/mol. The third-order valence-corrected chi connectivity index (χ3v) is 3.38. The molecular formula is C18H14N6O2. The van der Waals surface area contributed by atoms with Crippen molar-refractivity contribution in [2.45, 2.75) is 13.8 Å². The first-order valence-electron chi connectivity index (χ1n) is 7.60. The van der Waals surface area contributed by atoms with Crippen LogP contribution in [0.5, 0.6) is 0 Å². The number of benzene rings is 1. The predicted octanol–water partition coefficient (Wildman–Crippen LogP) is 2.80. The van der Waals surface area contributed by atoms with Crippen LogP contribution in [0.1, 0.15) is 23.1 Å². The largest absolute Gasteiger partial charge is 0.461 e. The first kappa shape index (κ1) is 18.3. The number of aromatic amines is 1. The van der Waals surface area contributed by atoms with E-state index >= 15 is 0 Å². The molecule has 1 aromatic carbocycles. The fourth-order valence-corrected chi connectivity index (χ4v) is 2.20. The number of nitrogens with zero attached hydrogens (tertiary/aromatic N) is 4. The molecule has 0 atom stereocenters. The van der Waals surface area contributed by atoms with E-state index in [0.717, 1.165) is 0 Å². The number of allylic oxidation sites excluding steroid dienone is 2. The van der Waals surface area contributed by atoms with Gasteiger partial charge in [0.25, 0.3) is 0 Å². The molecule has 0 saturated carbocycles. The average molecular weight is 346 g/mol. The van der Waals surface area contributed by atoms with E-state index in [-0.39, 0.29) is 23.6 Å². The van der Waals surface area contributed by atoms with E-state index in [1.165, 1.54) is 0 Å². The van der Waals surface area contributed by atoms with Crippen LogP contribution >= 0.6 is 0 Å². The average Bonchev–Trinajstić information content (AvgIpc) is 3.04. The quantitative estimate of drug-likeness (QED) is 0.627. The molecule has 2 N–H and O–H groups in total. The number of aryl methyl sites for hydroxylation is 1. The van der Waals surface area contributed by atoms with E-state index in [0.29, 0.717) is 22.8 Å². The van der Waals surface area contributed by atoms with Gasteiger partial charge in [0.15, 0.2) is 11.3 Å². The van der Waals surface area contributed by atoms with Gasteiger partial charge >= 0.3 is 5.97 Å². The molecule has 0 aliphatic heterocycles. The Bertz CT molecular complexity index is 982. The van der Waals surface area contributed by atoms with E-state index in [9.17, 15) is 10.1 Å². The minimum absolute atomic E-state index is 0.169. The molecule has 1 heterocycles. The zero-order valence-corrected chi connectivity index (χ0v) is 14.1. The number of carbonyl (C=O) groups is 1. The number of hydrogen-bond donors (Lipinski definition) is 2. The molecule has 0 radical (unpaired) electrons. The maximum Gasteiger partial charge on any atom is 0.358 e. The number of nitriles is 3. The van der Waals surface area contributed by atoms with Gasteiger partial charge in [0, 0.05) is 11.3 Å². The van der Waals surface area contributed by atoms with Crippen molar-refractivity contribution in [3.8, 4) is 29.6 Å². The second-order valence-electron chi connectivity index (χ2n) is 5.04. The highest BCUT2D eigenvalue weighted by atomic mass is 16.5. The number of rotatable bonds is 5. The van der Waals surface area contributed by atoms with Crippen LogP contribution in [0.3, 0.4) is 0 Å². The summed E-state index contributed by atoms with van der Waals surface area (Å²) in [7, 11) is 0. The summed E-state index contributed by atoms with van der Waals surface area (Å²) in [6.07, 6.45) is 0. The van der Waals surface area contributed by atoms with Crippen molar-refractivity contribution in [2.75, 3.05) is 11.9 Å². The molecule has 0 bridgehead atoms. The molecule has 8 nitrogen and oxygen atoms in total. The SMILES string of the molecule is CCOC(=O)c1nc(-c2ccccc2NC(C#N)=C(C#N)C#N)[nH]c1C. The van der Waals surface area contributed by atoms with E-state index in [2.05, 4.69) is 15.3 Å². The molecule has 2 aromatic rings. The van der Waals surface area contributed by atoms with Gasteiger partial charge in [0.05, 0.1) is 12.3 Å². The standard InChI is InChI=1S/C18H14N6O2/c1-3-26-18(25)16-11(2)22-17(24-16)13-6-4-5-7-14(13)23-15(10-21)12(8-19)9-20/h4-7,23H,3H2,1-2H3,(H,22,24). The smallest absolute Gasteiger partial charge is 0.358 e. The van der Waals surface area contributed by atoms with E-state index in [1.54, 1.807) is 56.3 Å². The molecule has 0 spiro atoms. The lowest BCUT2D eigenvalue weighted by atomic mass is 10.1. The molecule has 0 aliphatic rings. The zero-order valence-electron chi connectivity index (χ0n) is 14.1. The highest BCUT2D eigenvalue weighted by molar-refractivity contribution is 5.90. The molecule has 2 rings (SSSR count). The monoisotopic (exact) mass is 346 g/mol. The van der Waals surface area contributed by atoms with Crippen molar-refractivity contribution in [2.24, 2.45) is 0 Å². The van der Waals surface area contributed by atoms with Gasteiger partial charge in [0.2, 0.25) is 0 Å². The topological polar surface area (TPSA) is 138 Å². The lowest BCUT2D eigenvalue weighted by Gasteiger charge is -2.09. The normalized spacial score (nSPS) is 9.35. The van der Waals surface area contributed by atoms with Gasteiger partial charge in [-0.15, -0.1) is 0 Å². The van der Waals surface area contributed by atoms with Gasteiger partial charge in [0.1, 0.15) is 29.7 Å². The first-order chi connectivity index (χ1) is 12.5. The number of ether oxygens (including phenoxy) is 1. The maximum atomic E-state index is 11.9. The Morgan fingerprint density at radius 1 is 1.23 bits per heavy atom. The Kier molecular flexibility index (Phi) is 5.71. The zero-order chi connectivity index (χ0) is 19.1. The summed E-state index contributed by atoms with van der Waals surface area (Å²) >= 11 is 0. The number of anilines is 1. The summed E-state index contributed by atoms with van der Waals surface area (Å²) in [5.41, 5.74) is 1.23. The lowest BCUT2D eigenvalue weighted by Crippen LogP contribution is -2.06. The van der Waals surface area contributed by atoms with E-state index < -0.39 is 5.97 Å². The molecule has 0 aliphatic carbocycles. The number of para-hydroxylation sites is 1. The highest BCUT2D eigenvalue weighted by Crippen LogP contribution is 2.28. The molecule has 26 heavy (non-hydrogen) atoms. The minimum Gasteiger partial charge on any atom is -0.461 e. The Hall–Kier alpha value is -4.09. The number of carbonyl (C=O) groups excluding carboxylic acids is 1. The van der Waals surface area contributed by atoms with Gasteiger partial charge in [-0.3, -0.25) is 0 Å². The fraction of sp³-hybridized carbons (Fsp3) is 0.167. The van der Waals surface area contributed by atoms with Crippen molar-refractivity contribution >= 4 is 11.7 Å². The van der Waals surface area contributed by atoms with Crippen LogP contribution in [-0.4, -0.2) is 22.5 Å². The van der Waals surface area contributed by atoms with E-state index in [4.69, 9.17) is 15.3 Å². The summed E-state index contributed by atoms with van der Waals surface area (Å²) in [5, 5.41) is 29.9. The van der Waals surface area contributed by atoms with Crippen LogP contribution in [0.4, 0.5) is 5.69 Å². The van der Waals surface area contributed by atoms with Crippen LogP contribution in [-0.2, 0) is 4.74 Å². The lowest BCUT2D eigenvalue weighted by molar-refractivity contribution is 0.0519. The fourth-order valence-electron chi connectivity index (χ4n) is 2.20. The van der Waals surface area contributed by atoms with Crippen molar-refractivity contribution in [1.82, 2.24) is 9.97 Å². The van der Waals surface area contributed by atoms with Crippen LogP contribution in [0.15, 0.2) is 35.5 Å². The summed E-state index contributed by atoms with van der Waals surface area (Å²) < 4.78 is 4.97. The van der Waals surface area contributed by atoms with E-state index in [1.807, 2.05) is 0 Å². The molecular weight excluding hydrogens is 332 g/mol. The van der Waals surface area contributed by atoms with Gasteiger partial charge in [-0.2, -0.15) is 15.8 Å². The molecule has 128 valence electrons. The maximum absolute atomic E-state index is 11.9. The Labute approximate surface area is 150 Å². The summed E-state index contributed by atoms with van der Waals surface area (Å²) in [6.45, 7) is 3.64.